The van der Waals surface area contributed by atoms with Crippen LogP contribution in [0, 0.1) is 6.92 Å². The van der Waals surface area contributed by atoms with E-state index in [1.807, 2.05) is 23.9 Å². The Morgan fingerprint density at radius 1 is 1.25 bits per heavy atom. The van der Waals surface area contributed by atoms with Crippen LogP contribution in [-0.2, 0) is 13.0 Å². The molecule has 0 saturated carbocycles. The van der Waals surface area contributed by atoms with Crippen molar-refractivity contribution in [1.82, 2.24) is 9.78 Å². The summed E-state index contributed by atoms with van der Waals surface area (Å²) in [7, 11) is 0. The molecule has 0 spiro atoms. The number of anilines is 1. The van der Waals surface area contributed by atoms with Crippen molar-refractivity contribution in [3.63, 3.8) is 0 Å². The lowest BCUT2D eigenvalue weighted by Crippen LogP contribution is -2.00. The molecular formula is C13H17N3. The summed E-state index contributed by atoms with van der Waals surface area (Å²) in [6.45, 7) is 2.86. The molecule has 16 heavy (non-hydrogen) atoms. The first-order chi connectivity index (χ1) is 7.75. The molecule has 0 aliphatic heterocycles. The summed E-state index contributed by atoms with van der Waals surface area (Å²) in [6.07, 6.45) is 4.07. The number of nitrogens with zero attached hydrogens (tertiary/aromatic N) is 2. The SMILES string of the molecule is Cc1nn(CCCc2ccccc2)cc1N. The van der Waals surface area contributed by atoms with Gasteiger partial charge in [0.2, 0.25) is 0 Å². The zero-order valence-electron chi connectivity index (χ0n) is 9.56. The van der Waals surface area contributed by atoms with Crippen molar-refractivity contribution in [2.75, 3.05) is 5.73 Å². The average Bonchev–Trinajstić information content (AvgIpc) is 2.60. The van der Waals surface area contributed by atoms with E-state index in [1.54, 1.807) is 0 Å². The zero-order chi connectivity index (χ0) is 11.4. The largest absolute Gasteiger partial charge is 0.396 e. The van der Waals surface area contributed by atoms with Gasteiger partial charge in [-0.05, 0) is 25.3 Å². The molecule has 2 aromatic rings. The van der Waals surface area contributed by atoms with Gasteiger partial charge in [0.15, 0.2) is 0 Å². The number of hydrogen-bond donors (Lipinski definition) is 1. The van der Waals surface area contributed by atoms with Crippen LogP contribution in [0.4, 0.5) is 5.69 Å². The molecule has 0 aliphatic carbocycles. The summed E-state index contributed by atoms with van der Waals surface area (Å²) in [5.41, 5.74) is 8.81. The van der Waals surface area contributed by atoms with E-state index >= 15 is 0 Å². The summed E-state index contributed by atoms with van der Waals surface area (Å²) in [6, 6.07) is 10.5. The molecule has 0 bridgehead atoms. The van der Waals surface area contributed by atoms with Gasteiger partial charge in [-0.1, -0.05) is 30.3 Å². The lowest BCUT2D eigenvalue weighted by atomic mass is 10.1. The third-order valence-electron chi connectivity index (χ3n) is 2.68. The van der Waals surface area contributed by atoms with Gasteiger partial charge >= 0.3 is 0 Å². The fourth-order valence-electron chi connectivity index (χ4n) is 1.74. The maximum Gasteiger partial charge on any atom is 0.0822 e. The average molecular weight is 215 g/mol. The molecule has 0 radical (unpaired) electrons. The van der Waals surface area contributed by atoms with Gasteiger partial charge in [-0.3, -0.25) is 4.68 Å². The monoisotopic (exact) mass is 215 g/mol. The molecule has 0 unspecified atom stereocenters. The number of aromatic nitrogens is 2. The molecule has 2 rings (SSSR count). The summed E-state index contributed by atoms with van der Waals surface area (Å²) >= 11 is 0. The Bertz CT molecular complexity index is 426. The second-order valence-corrected chi connectivity index (χ2v) is 4.02. The maximum atomic E-state index is 5.74. The molecule has 1 aromatic carbocycles. The standard InChI is InChI=1S/C13H17N3/c1-11-13(14)10-16(15-11)9-5-8-12-6-3-2-4-7-12/h2-4,6-7,10H,5,8-9,14H2,1H3. The van der Waals surface area contributed by atoms with E-state index in [9.17, 15) is 0 Å². The number of rotatable bonds is 4. The Balaban J connectivity index is 1.84. The number of aryl methyl sites for hydroxylation is 3. The van der Waals surface area contributed by atoms with Crippen LogP contribution in [0.15, 0.2) is 36.5 Å². The van der Waals surface area contributed by atoms with Crippen LogP contribution in [0.2, 0.25) is 0 Å². The summed E-state index contributed by atoms with van der Waals surface area (Å²) in [4.78, 5) is 0. The van der Waals surface area contributed by atoms with Crippen LogP contribution < -0.4 is 5.73 Å². The van der Waals surface area contributed by atoms with E-state index in [0.29, 0.717) is 0 Å². The molecule has 0 amide bonds. The second-order valence-electron chi connectivity index (χ2n) is 4.02. The van der Waals surface area contributed by atoms with Crippen LogP contribution in [0.3, 0.4) is 0 Å². The highest BCUT2D eigenvalue weighted by atomic mass is 15.3. The van der Waals surface area contributed by atoms with Gasteiger partial charge in [0.05, 0.1) is 11.4 Å². The first-order valence-electron chi connectivity index (χ1n) is 5.59. The number of hydrogen-bond acceptors (Lipinski definition) is 2. The smallest absolute Gasteiger partial charge is 0.0822 e. The molecule has 0 aliphatic rings. The van der Waals surface area contributed by atoms with Crippen molar-refractivity contribution in [3.05, 3.63) is 47.8 Å². The third-order valence-corrected chi connectivity index (χ3v) is 2.68. The lowest BCUT2D eigenvalue weighted by Gasteiger charge is -2.01. The number of nitrogens with two attached hydrogens (primary N) is 1. The normalized spacial score (nSPS) is 10.6. The van der Waals surface area contributed by atoms with Crippen LogP contribution in [0.25, 0.3) is 0 Å². The fourth-order valence-corrected chi connectivity index (χ4v) is 1.74. The molecule has 1 aromatic heterocycles. The highest BCUT2D eigenvalue weighted by Gasteiger charge is 2.00. The minimum Gasteiger partial charge on any atom is -0.396 e. The predicted molar refractivity (Wildman–Crippen MR) is 66.1 cm³/mol. The molecule has 84 valence electrons. The summed E-state index contributed by atoms with van der Waals surface area (Å²) < 4.78 is 1.92. The van der Waals surface area contributed by atoms with Crippen LogP contribution in [0.5, 0.6) is 0 Å². The van der Waals surface area contributed by atoms with Crippen LogP contribution in [-0.4, -0.2) is 9.78 Å². The Morgan fingerprint density at radius 3 is 2.62 bits per heavy atom. The maximum absolute atomic E-state index is 5.74. The van der Waals surface area contributed by atoms with Gasteiger partial charge in [-0.2, -0.15) is 5.10 Å². The van der Waals surface area contributed by atoms with E-state index < -0.39 is 0 Å². The first-order valence-corrected chi connectivity index (χ1v) is 5.59. The molecule has 2 N–H and O–H groups in total. The van der Waals surface area contributed by atoms with Crippen molar-refractivity contribution in [2.24, 2.45) is 0 Å². The quantitative estimate of drug-likeness (QED) is 0.851. The van der Waals surface area contributed by atoms with E-state index in [4.69, 9.17) is 5.73 Å². The van der Waals surface area contributed by atoms with Gasteiger partial charge < -0.3 is 5.73 Å². The van der Waals surface area contributed by atoms with Gasteiger partial charge in [0.1, 0.15) is 0 Å². The Labute approximate surface area is 95.9 Å². The van der Waals surface area contributed by atoms with Crippen LogP contribution in [0.1, 0.15) is 17.7 Å². The minimum atomic E-state index is 0.778. The van der Waals surface area contributed by atoms with Gasteiger partial charge in [-0.15, -0.1) is 0 Å². The minimum absolute atomic E-state index is 0.778. The highest BCUT2D eigenvalue weighted by Crippen LogP contribution is 2.08. The van der Waals surface area contributed by atoms with E-state index in [0.717, 1.165) is 30.8 Å². The van der Waals surface area contributed by atoms with E-state index in [1.165, 1.54) is 5.56 Å². The fraction of sp³-hybridized carbons (Fsp3) is 0.308. The Hall–Kier alpha value is -1.77. The van der Waals surface area contributed by atoms with Crippen molar-refractivity contribution >= 4 is 5.69 Å². The Kier molecular flexibility index (Phi) is 3.25. The van der Waals surface area contributed by atoms with Gasteiger partial charge in [0, 0.05) is 12.7 Å². The molecular weight excluding hydrogens is 198 g/mol. The second kappa shape index (κ2) is 4.84. The first kappa shape index (κ1) is 10.7. The topological polar surface area (TPSA) is 43.8 Å². The highest BCUT2D eigenvalue weighted by molar-refractivity contribution is 5.39. The summed E-state index contributed by atoms with van der Waals surface area (Å²) in [5, 5.41) is 4.33. The van der Waals surface area contributed by atoms with Crippen molar-refractivity contribution in [3.8, 4) is 0 Å². The van der Waals surface area contributed by atoms with E-state index in [-0.39, 0.29) is 0 Å². The molecule has 0 saturated heterocycles. The van der Waals surface area contributed by atoms with Crippen molar-refractivity contribution < 1.29 is 0 Å². The van der Waals surface area contributed by atoms with Gasteiger partial charge in [-0.25, -0.2) is 0 Å². The van der Waals surface area contributed by atoms with Crippen LogP contribution >= 0.6 is 0 Å². The Morgan fingerprint density at radius 2 is 2.00 bits per heavy atom. The third kappa shape index (κ3) is 2.63. The molecule has 0 fully saturated rings. The van der Waals surface area contributed by atoms with Crippen molar-refractivity contribution in [2.45, 2.75) is 26.3 Å². The lowest BCUT2D eigenvalue weighted by molar-refractivity contribution is 0.575. The zero-order valence-corrected chi connectivity index (χ0v) is 9.56. The molecule has 0 atom stereocenters. The molecule has 3 heteroatoms. The number of benzene rings is 1. The van der Waals surface area contributed by atoms with Crippen molar-refractivity contribution in [1.29, 1.82) is 0 Å². The summed E-state index contributed by atoms with van der Waals surface area (Å²) in [5.74, 6) is 0. The predicted octanol–water partition coefficient (Wildman–Crippen LogP) is 2.41. The number of nitrogen functional groups attached to an aromatic ring is 1. The molecule has 3 nitrogen and oxygen atoms in total. The van der Waals surface area contributed by atoms with E-state index in [2.05, 4.69) is 29.4 Å². The van der Waals surface area contributed by atoms with Gasteiger partial charge in [0.25, 0.3) is 0 Å². The molecule has 1 heterocycles.